The van der Waals surface area contributed by atoms with Gasteiger partial charge in [-0.15, -0.1) is 0 Å². The molecule has 5 nitrogen and oxygen atoms in total. The van der Waals surface area contributed by atoms with Crippen LogP contribution in [0.4, 0.5) is 0 Å². The van der Waals surface area contributed by atoms with Crippen molar-refractivity contribution in [3.8, 4) is 5.88 Å². The van der Waals surface area contributed by atoms with Gasteiger partial charge in [0.1, 0.15) is 5.56 Å². The molecule has 0 aromatic carbocycles. The maximum absolute atomic E-state index is 12.3. The highest BCUT2D eigenvalue weighted by atomic mass is 16.5. The molecule has 0 saturated heterocycles. The zero-order chi connectivity index (χ0) is 14.4. The summed E-state index contributed by atoms with van der Waals surface area (Å²) >= 11 is 0. The molecule has 0 bridgehead atoms. The van der Waals surface area contributed by atoms with Crippen LogP contribution in [0.1, 0.15) is 35.9 Å². The maximum Gasteiger partial charge on any atom is 0.257 e. The van der Waals surface area contributed by atoms with Crippen molar-refractivity contribution < 1.29 is 9.53 Å². The van der Waals surface area contributed by atoms with E-state index in [1.807, 2.05) is 32.0 Å². The monoisotopic (exact) mass is 271 g/mol. The van der Waals surface area contributed by atoms with Crippen LogP contribution in [0.3, 0.4) is 0 Å². The minimum Gasteiger partial charge on any atom is -0.477 e. The average molecular weight is 271 g/mol. The third kappa shape index (κ3) is 3.32. The first-order valence-electron chi connectivity index (χ1n) is 6.52. The summed E-state index contributed by atoms with van der Waals surface area (Å²) in [4.78, 5) is 20.6. The molecule has 2 aromatic heterocycles. The molecular weight excluding hydrogens is 254 g/mol. The van der Waals surface area contributed by atoms with E-state index >= 15 is 0 Å². The van der Waals surface area contributed by atoms with Crippen LogP contribution in [0.2, 0.25) is 0 Å². The normalized spacial score (nSPS) is 11.7. The van der Waals surface area contributed by atoms with Gasteiger partial charge in [0.2, 0.25) is 5.88 Å². The lowest BCUT2D eigenvalue weighted by molar-refractivity contribution is 0.0934. The summed E-state index contributed by atoms with van der Waals surface area (Å²) in [6.45, 7) is 4.21. The minimum atomic E-state index is -0.222. The summed E-state index contributed by atoms with van der Waals surface area (Å²) in [5.41, 5.74) is 1.24. The Kier molecular flexibility index (Phi) is 4.65. The predicted molar refractivity (Wildman–Crippen MR) is 75.5 cm³/mol. The van der Waals surface area contributed by atoms with E-state index in [0.717, 1.165) is 5.69 Å². The first-order chi connectivity index (χ1) is 9.72. The van der Waals surface area contributed by atoms with Crippen molar-refractivity contribution >= 4 is 5.91 Å². The van der Waals surface area contributed by atoms with Crippen molar-refractivity contribution in [1.29, 1.82) is 0 Å². The molecule has 0 saturated carbocycles. The van der Waals surface area contributed by atoms with Crippen molar-refractivity contribution in [2.24, 2.45) is 0 Å². The highest BCUT2D eigenvalue weighted by Gasteiger charge is 2.16. The Labute approximate surface area is 118 Å². The summed E-state index contributed by atoms with van der Waals surface area (Å²) in [5.74, 6) is 0.125. The lowest BCUT2D eigenvalue weighted by Crippen LogP contribution is -2.27. The summed E-state index contributed by atoms with van der Waals surface area (Å²) in [6.07, 6.45) is 3.30. The van der Waals surface area contributed by atoms with Crippen LogP contribution < -0.4 is 10.1 Å². The Morgan fingerprint density at radius 1 is 1.25 bits per heavy atom. The fraction of sp³-hybridized carbons (Fsp3) is 0.267. The molecule has 5 heteroatoms. The second-order valence-electron chi connectivity index (χ2n) is 4.24. The van der Waals surface area contributed by atoms with Crippen molar-refractivity contribution in [3.63, 3.8) is 0 Å². The van der Waals surface area contributed by atoms with Gasteiger partial charge in [-0.25, -0.2) is 4.98 Å². The van der Waals surface area contributed by atoms with E-state index < -0.39 is 0 Å². The van der Waals surface area contributed by atoms with Gasteiger partial charge in [-0.05, 0) is 38.1 Å². The molecule has 2 aromatic rings. The van der Waals surface area contributed by atoms with Gasteiger partial charge in [0, 0.05) is 12.4 Å². The van der Waals surface area contributed by atoms with E-state index in [9.17, 15) is 4.79 Å². The van der Waals surface area contributed by atoms with Gasteiger partial charge in [-0.3, -0.25) is 9.78 Å². The molecule has 1 N–H and O–H groups in total. The highest BCUT2D eigenvalue weighted by molar-refractivity contribution is 5.96. The van der Waals surface area contributed by atoms with Gasteiger partial charge in [0.15, 0.2) is 0 Å². The van der Waals surface area contributed by atoms with E-state index in [4.69, 9.17) is 4.74 Å². The van der Waals surface area contributed by atoms with Crippen LogP contribution in [0, 0.1) is 0 Å². The number of hydrogen-bond acceptors (Lipinski definition) is 4. The van der Waals surface area contributed by atoms with Gasteiger partial charge in [-0.2, -0.15) is 0 Å². The Morgan fingerprint density at radius 2 is 2.05 bits per heavy atom. The van der Waals surface area contributed by atoms with Crippen molar-refractivity contribution in [2.75, 3.05) is 6.61 Å². The Hall–Kier alpha value is -2.43. The smallest absolute Gasteiger partial charge is 0.257 e. The molecule has 20 heavy (non-hydrogen) atoms. The van der Waals surface area contributed by atoms with E-state index in [0.29, 0.717) is 18.1 Å². The van der Waals surface area contributed by atoms with E-state index in [1.54, 1.807) is 24.5 Å². The SMILES string of the molecule is CCOc1ncccc1C(=O)N[C@@H](C)c1ccccn1. The highest BCUT2D eigenvalue weighted by Crippen LogP contribution is 2.16. The number of amides is 1. The third-order valence-electron chi connectivity index (χ3n) is 2.78. The van der Waals surface area contributed by atoms with Crippen LogP contribution in [-0.2, 0) is 0 Å². The van der Waals surface area contributed by atoms with Crippen molar-refractivity contribution in [1.82, 2.24) is 15.3 Å². The number of aromatic nitrogens is 2. The van der Waals surface area contributed by atoms with Crippen molar-refractivity contribution in [3.05, 3.63) is 54.0 Å². The Bertz CT molecular complexity index is 572. The number of nitrogens with zero attached hydrogens (tertiary/aromatic N) is 2. The largest absolute Gasteiger partial charge is 0.477 e. The Balaban J connectivity index is 2.12. The second-order valence-corrected chi connectivity index (χ2v) is 4.24. The molecule has 0 spiro atoms. The topological polar surface area (TPSA) is 64.1 Å². The second kappa shape index (κ2) is 6.65. The van der Waals surface area contributed by atoms with Crippen LogP contribution in [0.5, 0.6) is 5.88 Å². The summed E-state index contributed by atoms with van der Waals surface area (Å²) in [5, 5.41) is 2.89. The number of carbonyl (C=O) groups excluding carboxylic acids is 1. The molecule has 0 unspecified atom stereocenters. The molecule has 0 fully saturated rings. The van der Waals surface area contributed by atoms with Crippen LogP contribution in [-0.4, -0.2) is 22.5 Å². The molecule has 0 aliphatic rings. The fourth-order valence-corrected chi connectivity index (χ4v) is 1.80. The molecule has 0 aliphatic carbocycles. The molecule has 2 heterocycles. The van der Waals surface area contributed by atoms with E-state index in [2.05, 4.69) is 15.3 Å². The lowest BCUT2D eigenvalue weighted by Gasteiger charge is -2.14. The number of rotatable bonds is 5. The van der Waals surface area contributed by atoms with Gasteiger partial charge in [-0.1, -0.05) is 6.07 Å². The number of carbonyl (C=O) groups is 1. The molecule has 2 rings (SSSR count). The Morgan fingerprint density at radius 3 is 2.75 bits per heavy atom. The van der Waals surface area contributed by atoms with Crippen LogP contribution >= 0.6 is 0 Å². The standard InChI is InChI=1S/C15H17N3O2/c1-3-20-15-12(7-6-10-17-15)14(19)18-11(2)13-8-4-5-9-16-13/h4-11H,3H2,1-2H3,(H,18,19)/t11-/m0/s1. The van der Waals surface area contributed by atoms with Crippen LogP contribution in [0.25, 0.3) is 0 Å². The molecule has 0 radical (unpaired) electrons. The van der Waals surface area contributed by atoms with Crippen molar-refractivity contribution in [2.45, 2.75) is 19.9 Å². The van der Waals surface area contributed by atoms with Crippen LogP contribution in [0.15, 0.2) is 42.7 Å². The summed E-state index contributed by atoms with van der Waals surface area (Å²) in [7, 11) is 0. The predicted octanol–water partition coefficient (Wildman–Crippen LogP) is 2.37. The van der Waals surface area contributed by atoms with E-state index in [1.165, 1.54) is 0 Å². The molecule has 104 valence electrons. The zero-order valence-electron chi connectivity index (χ0n) is 11.5. The first kappa shape index (κ1) is 14.0. The lowest BCUT2D eigenvalue weighted by atomic mass is 10.2. The first-order valence-corrected chi connectivity index (χ1v) is 6.52. The van der Waals surface area contributed by atoms with Gasteiger partial charge < -0.3 is 10.1 Å². The average Bonchev–Trinajstić information content (AvgIpc) is 2.49. The van der Waals surface area contributed by atoms with Gasteiger partial charge in [0.25, 0.3) is 5.91 Å². The number of nitrogens with one attached hydrogen (secondary N) is 1. The molecule has 1 atom stereocenters. The van der Waals surface area contributed by atoms with Gasteiger partial charge in [0.05, 0.1) is 18.3 Å². The number of pyridine rings is 2. The molecule has 1 amide bonds. The number of ether oxygens (including phenoxy) is 1. The quantitative estimate of drug-likeness (QED) is 0.906. The van der Waals surface area contributed by atoms with E-state index in [-0.39, 0.29) is 11.9 Å². The summed E-state index contributed by atoms with van der Waals surface area (Å²) < 4.78 is 5.36. The summed E-state index contributed by atoms with van der Waals surface area (Å²) in [6, 6.07) is 8.82. The minimum absolute atomic E-state index is 0.182. The third-order valence-corrected chi connectivity index (χ3v) is 2.78. The number of hydrogen-bond donors (Lipinski definition) is 1. The zero-order valence-corrected chi connectivity index (χ0v) is 11.5. The molecule has 0 aliphatic heterocycles. The molecular formula is C15H17N3O2. The maximum atomic E-state index is 12.3. The fourth-order valence-electron chi connectivity index (χ4n) is 1.80. The van der Waals surface area contributed by atoms with Gasteiger partial charge >= 0.3 is 0 Å².